The number of benzene rings is 2. The van der Waals surface area contributed by atoms with E-state index in [1.807, 2.05) is 31.2 Å². The fourth-order valence-electron chi connectivity index (χ4n) is 2.34. The standard InChI is InChI=1S/C18H18N2O2S/c1-11-4-6-16-17(8-11)23-18(20-16)10-22-14-5-7-15(12(2)9-14)19-13(3)21/h4-9H,10H2,1-3H3,(H,19,21). The first-order valence-corrected chi connectivity index (χ1v) is 8.20. The second-order valence-corrected chi connectivity index (χ2v) is 6.64. The summed E-state index contributed by atoms with van der Waals surface area (Å²) in [5, 5.41) is 3.75. The van der Waals surface area contributed by atoms with Crippen molar-refractivity contribution in [3.8, 4) is 5.75 Å². The quantitative estimate of drug-likeness (QED) is 0.770. The number of ether oxygens (including phenoxy) is 1. The lowest BCUT2D eigenvalue weighted by molar-refractivity contribution is -0.114. The van der Waals surface area contributed by atoms with Gasteiger partial charge in [0.15, 0.2) is 0 Å². The zero-order chi connectivity index (χ0) is 16.4. The monoisotopic (exact) mass is 326 g/mol. The van der Waals surface area contributed by atoms with Crippen molar-refractivity contribution < 1.29 is 9.53 Å². The molecule has 0 fully saturated rings. The van der Waals surface area contributed by atoms with Crippen molar-refractivity contribution in [1.29, 1.82) is 0 Å². The number of rotatable bonds is 4. The largest absolute Gasteiger partial charge is 0.486 e. The number of fused-ring (bicyclic) bond motifs is 1. The molecule has 0 aliphatic carbocycles. The summed E-state index contributed by atoms with van der Waals surface area (Å²) in [6, 6.07) is 11.9. The number of hydrogen-bond acceptors (Lipinski definition) is 4. The number of nitrogens with zero attached hydrogens (tertiary/aromatic N) is 1. The third kappa shape index (κ3) is 3.68. The van der Waals surface area contributed by atoms with Gasteiger partial charge in [-0.05, 0) is 55.3 Å². The zero-order valence-electron chi connectivity index (χ0n) is 13.3. The number of nitrogens with one attached hydrogen (secondary N) is 1. The third-order valence-electron chi connectivity index (χ3n) is 3.46. The number of carbonyl (C=O) groups is 1. The van der Waals surface area contributed by atoms with Gasteiger partial charge in [0, 0.05) is 12.6 Å². The Morgan fingerprint density at radius 2 is 2.04 bits per heavy atom. The molecule has 23 heavy (non-hydrogen) atoms. The molecule has 0 aliphatic heterocycles. The SMILES string of the molecule is CC(=O)Nc1ccc(OCc2nc3ccc(C)cc3s2)cc1C. The van der Waals surface area contributed by atoms with E-state index < -0.39 is 0 Å². The molecule has 3 rings (SSSR count). The molecule has 0 aliphatic rings. The van der Waals surface area contributed by atoms with E-state index in [4.69, 9.17) is 4.74 Å². The number of anilines is 1. The van der Waals surface area contributed by atoms with Crippen LogP contribution in [0.4, 0.5) is 5.69 Å². The molecule has 1 N–H and O–H groups in total. The summed E-state index contributed by atoms with van der Waals surface area (Å²) < 4.78 is 7.01. The Morgan fingerprint density at radius 1 is 1.22 bits per heavy atom. The molecular formula is C18H18N2O2S. The number of aryl methyl sites for hydroxylation is 2. The summed E-state index contributed by atoms with van der Waals surface area (Å²) in [4.78, 5) is 15.7. The van der Waals surface area contributed by atoms with Gasteiger partial charge in [-0.1, -0.05) is 6.07 Å². The minimum Gasteiger partial charge on any atom is -0.486 e. The fraction of sp³-hybridized carbons (Fsp3) is 0.222. The summed E-state index contributed by atoms with van der Waals surface area (Å²) in [7, 11) is 0. The maximum absolute atomic E-state index is 11.1. The molecule has 1 aromatic heterocycles. The van der Waals surface area contributed by atoms with E-state index in [1.54, 1.807) is 11.3 Å². The zero-order valence-corrected chi connectivity index (χ0v) is 14.2. The van der Waals surface area contributed by atoms with E-state index in [2.05, 4.69) is 29.4 Å². The van der Waals surface area contributed by atoms with Crippen molar-refractivity contribution >= 4 is 33.1 Å². The van der Waals surface area contributed by atoms with Crippen LogP contribution in [0.2, 0.25) is 0 Å². The maximum atomic E-state index is 11.1. The molecule has 2 aromatic carbocycles. The van der Waals surface area contributed by atoms with Gasteiger partial charge in [0.25, 0.3) is 0 Å². The van der Waals surface area contributed by atoms with Crippen LogP contribution in [-0.4, -0.2) is 10.9 Å². The molecule has 1 heterocycles. The molecule has 0 radical (unpaired) electrons. The maximum Gasteiger partial charge on any atom is 0.221 e. The number of aromatic nitrogens is 1. The van der Waals surface area contributed by atoms with Crippen LogP contribution in [0.5, 0.6) is 5.75 Å². The molecule has 0 saturated carbocycles. The number of carbonyl (C=O) groups excluding carboxylic acids is 1. The minimum atomic E-state index is -0.0773. The predicted molar refractivity (Wildman–Crippen MR) is 94.2 cm³/mol. The van der Waals surface area contributed by atoms with Gasteiger partial charge in [-0.25, -0.2) is 4.98 Å². The van der Waals surface area contributed by atoms with E-state index in [1.165, 1.54) is 17.2 Å². The van der Waals surface area contributed by atoms with Crippen LogP contribution in [0.15, 0.2) is 36.4 Å². The fourth-order valence-corrected chi connectivity index (χ4v) is 3.32. The highest BCUT2D eigenvalue weighted by atomic mass is 32.1. The Balaban J connectivity index is 1.71. The lowest BCUT2D eigenvalue weighted by atomic mass is 10.2. The lowest BCUT2D eigenvalue weighted by Crippen LogP contribution is -2.07. The number of amides is 1. The van der Waals surface area contributed by atoms with E-state index in [9.17, 15) is 4.79 Å². The summed E-state index contributed by atoms with van der Waals surface area (Å²) in [5.74, 6) is 0.693. The Hall–Kier alpha value is -2.40. The third-order valence-corrected chi connectivity index (χ3v) is 4.45. The van der Waals surface area contributed by atoms with Gasteiger partial charge in [0.2, 0.25) is 5.91 Å². The molecule has 3 aromatic rings. The molecule has 0 atom stereocenters. The first-order valence-electron chi connectivity index (χ1n) is 7.38. The molecule has 118 valence electrons. The highest BCUT2D eigenvalue weighted by Gasteiger charge is 2.06. The second-order valence-electron chi connectivity index (χ2n) is 5.53. The Labute approximate surface area is 139 Å². The molecule has 1 amide bonds. The molecule has 0 unspecified atom stereocenters. The van der Waals surface area contributed by atoms with Crippen LogP contribution in [0.25, 0.3) is 10.2 Å². The van der Waals surface area contributed by atoms with Gasteiger partial charge in [-0.2, -0.15) is 0 Å². The van der Waals surface area contributed by atoms with Gasteiger partial charge in [-0.3, -0.25) is 4.79 Å². The molecule has 0 spiro atoms. The molecular weight excluding hydrogens is 308 g/mol. The Morgan fingerprint density at radius 3 is 2.78 bits per heavy atom. The van der Waals surface area contributed by atoms with Gasteiger partial charge < -0.3 is 10.1 Å². The highest BCUT2D eigenvalue weighted by molar-refractivity contribution is 7.18. The van der Waals surface area contributed by atoms with E-state index in [0.29, 0.717) is 6.61 Å². The number of hydrogen-bond donors (Lipinski definition) is 1. The molecule has 0 bridgehead atoms. The first kappa shape index (κ1) is 15.5. The molecule has 5 heteroatoms. The summed E-state index contributed by atoms with van der Waals surface area (Å²) >= 11 is 1.65. The second kappa shape index (κ2) is 6.38. The van der Waals surface area contributed by atoms with Gasteiger partial charge in [-0.15, -0.1) is 11.3 Å². The van der Waals surface area contributed by atoms with Crippen LogP contribution in [-0.2, 0) is 11.4 Å². The van der Waals surface area contributed by atoms with Crippen LogP contribution in [0.1, 0.15) is 23.1 Å². The average Bonchev–Trinajstić information content (AvgIpc) is 2.89. The van der Waals surface area contributed by atoms with E-state index in [-0.39, 0.29) is 5.91 Å². The Kier molecular flexibility index (Phi) is 4.30. The van der Waals surface area contributed by atoms with Crippen LogP contribution in [0, 0.1) is 13.8 Å². The first-order chi connectivity index (χ1) is 11.0. The van der Waals surface area contributed by atoms with Crippen molar-refractivity contribution in [2.45, 2.75) is 27.4 Å². The van der Waals surface area contributed by atoms with E-state index in [0.717, 1.165) is 27.5 Å². The lowest BCUT2D eigenvalue weighted by Gasteiger charge is -2.09. The van der Waals surface area contributed by atoms with Crippen LogP contribution < -0.4 is 10.1 Å². The van der Waals surface area contributed by atoms with Crippen LogP contribution >= 0.6 is 11.3 Å². The average molecular weight is 326 g/mol. The van der Waals surface area contributed by atoms with Crippen molar-refractivity contribution in [3.63, 3.8) is 0 Å². The van der Waals surface area contributed by atoms with Gasteiger partial charge >= 0.3 is 0 Å². The van der Waals surface area contributed by atoms with Crippen molar-refractivity contribution in [2.75, 3.05) is 5.32 Å². The van der Waals surface area contributed by atoms with Crippen LogP contribution in [0.3, 0.4) is 0 Å². The van der Waals surface area contributed by atoms with Crippen molar-refractivity contribution in [1.82, 2.24) is 4.98 Å². The van der Waals surface area contributed by atoms with Gasteiger partial charge in [0.05, 0.1) is 10.2 Å². The van der Waals surface area contributed by atoms with Gasteiger partial charge in [0.1, 0.15) is 17.4 Å². The van der Waals surface area contributed by atoms with E-state index >= 15 is 0 Å². The molecule has 4 nitrogen and oxygen atoms in total. The van der Waals surface area contributed by atoms with Crippen molar-refractivity contribution in [2.24, 2.45) is 0 Å². The minimum absolute atomic E-state index is 0.0773. The highest BCUT2D eigenvalue weighted by Crippen LogP contribution is 2.26. The Bertz CT molecular complexity index is 871. The smallest absolute Gasteiger partial charge is 0.221 e. The number of thiazole rings is 1. The summed E-state index contributed by atoms with van der Waals surface area (Å²) in [5.41, 5.74) is 4.02. The predicted octanol–water partition coefficient (Wildman–Crippen LogP) is 4.45. The normalized spacial score (nSPS) is 10.7. The molecule has 0 saturated heterocycles. The topological polar surface area (TPSA) is 51.2 Å². The summed E-state index contributed by atoms with van der Waals surface area (Å²) in [6.45, 7) is 5.96. The summed E-state index contributed by atoms with van der Waals surface area (Å²) in [6.07, 6.45) is 0. The van der Waals surface area contributed by atoms with Crippen molar-refractivity contribution in [3.05, 3.63) is 52.5 Å².